The summed E-state index contributed by atoms with van der Waals surface area (Å²) < 4.78 is 10.8. The van der Waals surface area contributed by atoms with Gasteiger partial charge in [-0.1, -0.05) is 13.0 Å². The Morgan fingerprint density at radius 3 is 2.62 bits per heavy atom. The molecule has 0 radical (unpaired) electrons. The molecule has 21 heavy (non-hydrogen) atoms. The molecule has 2 rings (SSSR count). The Morgan fingerprint density at radius 1 is 1.14 bits per heavy atom. The molecule has 0 amide bonds. The van der Waals surface area contributed by atoms with Crippen molar-refractivity contribution in [1.29, 1.82) is 0 Å². The third-order valence-corrected chi connectivity index (χ3v) is 3.33. The molecule has 4 heteroatoms. The van der Waals surface area contributed by atoms with E-state index in [-0.39, 0.29) is 6.04 Å². The molecule has 1 unspecified atom stereocenters. The maximum Gasteiger partial charge on any atom is 0.127 e. The van der Waals surface area contributed by atoms with Crippen molar-refractivity contribution >= 4 is 0 Å². The van der Waals surface area contributed by atoms with Crippen LogP contribution in [0, 0.1) is 0 Å². The first kappa shape index (κ1) is 15.3. The molecule has 0 aliphatic heterocycles. The second kappa shape index (κ2) is 7.64. The molecule has 1 atom stereocenters. The molecule has 0 fully saturated rings. The molecule has 1 aromatic carbocycles. The first-order valence-electron chi connectivity index (χ1n) is 7.16. The zero-order chi connectivity index (χ0) is 15.1. The monoisotopic (exact) mass is 286 g/mol. The molecule has 2 aromatic rings. The van der Waals surface area contributed by atoms with E-state index in [1.807, 2.05) is 42.6 Å². The van der Waals surface area contributed by atoms with E-state index in [9.17, 15) is 0 Å². The average Bonchev–Trinajstić information content (AvgIpc) is 2.56. The third kappa shape index (κ3) is 3.73. The van der Waals surface area contributed by atoms with Crippen molar-refractivity contribution in [2.24, 2.45) is 0 Å². The third-order valence-electron chi connectivity index (χ3n) is 3.33. The van der Waals surface area contributed by atoms with Gasteiger partial charge in [-0.2, -0.15) is 0 Å². The number of ether oxygens (including phenoxy) is 2. The SMILES string of the molecule is CCCNC(c1ccccn1)c1ccc(OC)cc1OC. The van der Waals surface area contributed by atoms with Crippen LogP contribution in [-0.4, -0.2) is 25.7 Å². The number of nitrogens with one attached hydrogen (secondary N) is 1. The normalized spacial score (nSPS) is 12.0. The van der Waals surface area contributed by atoms with E-state index in [0.29, 0.717) is 0 Å². The summed E-state index contributed by atoms with van der Waals surface area (Å²) in [5.74, 6) is 1.58. The number of rotatable bonds is 7. The molecule has 0 spiro atoms. The quantitative estimate of drug-likeness (QED) is 0.849. The van der Waals surface area contributed by atoms with Gasteiger partial charge in [0.25, 0.3) is 0 Å². The van der Waals surface area contributed by atoms with Crippen LogP contribution in [0.15, 0.2) is 42.6 Å². The number of pyridine rings is 1. The summed E-state index contributed by atoms with van der Waals surface area (Å²) in [5.41, 5.74) is 2.04. The highest BCUT2D eigenvalue weighted by atomic mass is 16.5. The van der Waals surface area contributed by atoms with Gasteiger partial charge >= 0.3 is 0 Å². The molecule has 4 nitrogen and oxygen atoms in total. The van der Waals surface area contributed by atoms with E-state index in [0.717, 1.165) is 35.7 Å². The van der Waals surface area contributed by atoms with E-state index in [1.54, 1.807) is 14.2 Å². The van der Waals surface area contributed by atoms with Gasteiger partial charge in [0, 0.05) is 17.8 Å². The van der Waals surface area contributed by atoms with Crippen molar-refractivity contribution in [2.75, 3.05) is 20.8 Å². The van der Waals surface area contributed by atoms with E-state index >= 15 is 0 Å². The molecule has 0 saturated carbocycles. The van der Waals surface area contributed by atoms with Crippen LogP contribution in [0.25, 0.3) is 0 Å². The summed E-state index contributed by atoms with van der Waals surface area (Å²) in [5, 5.41) is 3.53. The van der Waals surface area contributed by atoms with Crippen LogP contribution in [0.4, 0.5) is 0 Å². The zero-order valence-electron chi connectivity index (χ0n) is 12.8. The van der Waals surface area contributed by atoms with Crippen molar-refractivity contribution in [3.63, 3.8) is 0 Å². The first-order chi connectivity index (χ1) is 10.3. The highest BCUT2D eigenvalue weighted by Crippen LogP contribution is 2.32. The van der Waals surface area contributed by atoms with Crippen molar-refractivity contribution in [3.05, 3.63) is 53.9 Å². The lowest BCUT2D eigenvalue weighted by molar-refractivity contribution is 0.387. The van der Waals surface area contributed by atoms with Gasteiger partial charge in [-0.05, 0) is 37.2 Å². The predicted molar refractivity (Wildman–Crippen MR) is 83.9 cm³/mol. The fourth-order valence-electron chi connectivity index (χ4n) is 2.27. The molecular weight excluding hydrogens is 264 g/mol. The van der Waals surface area contributed by atoms with E-state index in [1.165, 1.54) is 0 Å². The molecule has 1 aromatic heterocycles. The Labute approximate surface area is 126 Å². The number of nitrogens with zero attached hydrogens (tertiary/aromatic N) is 1. The van der Waals surface area contributed by atoms with Crippen LogP contribution in [0.5, 0.6) is 11.5 Å². The Hall–Kier alpha value is -2.07. The number of hydrogen-bond acceptors (Lipinski definition) is 4. The van der Waals surface area contributed by atoms with Crippen LogP contribution in [0.1, 0.15) is 30.6 Å². The van der Waals surface area contributed by atoms with Crippen molar-refractivity contribution < 1.29 is 9.47 Å². The standard InChI is InChI=1S/C17H22N2O2/c1-4-10-19-17(15-7-5-6-11-18-15)14-9-8-13(20-2)12-16(14)21-3/h5-9,11-12,17,19H,4,10H2,1-3H3. The number of methoxy groups -OCH3 is 2. The van der Waals surface area contributed by atoms with Crippen molar-refractivity contribution in [3.8, 4) is 11.5 Å². The smallest absolute Gasteiger partial charge is 0.127 e. The lowest BCUT2D eigenvalue weighted by Gasteiger charge is -2.21. The van der Waals surface area contributed by atoms with E-state index in [2.05, 4.69) is 17.2 Å². The fourth-order valence-corrected chi connectivity index (χ4v) is 2.27. The Kier molecular flexibility index (Phi) is 5.58. The van der Waals surface area contributed by atoms with Gasteiger partial charge in [0.2, 0.25) is 0 Å². The van der Waals surface area contributed by atoms with Crippen LogP contribution in [-0.2, 0) is 0 Å². The maximum atomic E-state index is 5.52. The molecule has 112 valence electrons. The Balaban J connectivity index is 2.41. The Bertz CT molecular complexity index is 558. The number of hydrogen-bond donors (Lipinski definition) is 1. The molecule has 0 saturated heterocycles. The molecule has 0 aliphatic carbocycles. The van der Waals surface area contributed by atoms with Crippen LogP contribution in [0.2, 0.25) is 0 Å². The predicted octanol–water partition coefficient (Wildman–Crippen LogP) is 3.19. The first-order valence-corrected chi connectivity index (χ1v) is 7.16. The Morgan fingerprint density at radius 2 is 2.00 bits per heavy atom. The highest BCUT2D eigenvalue weighted by molar-refractivity contribution is 5.45. The lowest BCUT2D eigenvalue weighted by Crippen LogP contribution is -2.24. The molecule has 1 N–H and O–H groups in total. The maximum absolute atomic E-state index is 5.52. The minimum Gasteiger partial charge on any atom is -0.497 e. The summed E-state index contributed by atoms with van der Waals surface area (Å²) >= 11 is 0. The summed E-state index contributed by atoms with van der Waals surface area (Å²) in [6, 6.07) is 11.8. The van der Waals surface area contributed by atoms with Gasteiger partial charge in [0.15, 0.2) is 0 Å². The van der Waals surface area contributed by atoms with Crippen LogP contribution in [0.3, 0.4) is 0 Å². The minimum absolute atomic E-state index is 0.00649. The molecule has 0 aliphatic rings. The average molecular weight is 286 g/mol. The molecule has 1 heterocycles. The number of aromatic nitrogens is 1. The van der Waals surface area contributed by atoms with E-state index < -0.39 is 0 Å². The van der Waals surface area contributed by atoms with Gasteiger partial charge in [-0.3, -0.25) is 4.98 Å². The van der Waals surface area contributed by atoms with Crippen molar-refractivity contribution in [1.82, 2.24) is 10.3 Å². The van der Waals surface area contributed by atoms with E-state index in [4.69, 9.17) is 9.47 Å². The summed E-state index contributed by atoms with van der Waals surface area (Å²) in [6.45, 7) is 3.06. The van der Waals surface area contributed by atoms with Gasteiger partial charge in [-0.15, -0.1) is 0 Å². The molecular formula is C17H22N2O2. The lowest BCUT2D eigenvalue weighted by atomic mass is 10.0. The summed E-state index contributed by atoms with van der Waals surface area (Å²) in [7, 11) is 3.33. The summed E-state index contributed by atoms with van der Waals surface area (Å²) in [4.78, 5) is 4.48. The van der Waals surface area contributed by atoms with Crippen LogP contribution < -0.4 is 14.8 Å². The minimum atomic E-state index is 0.00649. The number of benzene rings is 1. The van der Waals surface area contributed by atoms with Crippen LogP contribution >= 0.6 is 0 Å². The summed E-state index contributed by atoms with van der Waals surface area (Å²) in [6.07, 6.45) is 2.87. The zero-order valence-corrected chi connectivity index (χ0v) is 12.8. The topological polar surface area (TPSA) is 43.4 Å². The van der Waals surface area contributed by atoms with Crippen molar-refractivity contribution in [2.45, 2.75) is 19.4 Å². The molecule has 0 bridgehead atoms. The fraction of sp³-hybridized carbons (Fsp3) is 0.353. The second-order valence-corrected chi connectivity index (χ2v) is 4.75. The van der Waals surface area contributed by atoms with Gasteiger partial charge in [-0.25, -0.2) is 0 Å². The van der Waals surface area contributed by atoms with Gasteiger partial charge < -0.3 is 14.8 Å². The van der Waals surface area contributed by atoms with Gasteiger partial charge in [0.05, 0.1) is 26.0 Å². The highest BCUT2D eigenvalue weighted by Gasteiger charge is 2.19. The largest absolute Gasteiger partial charge is 0.497 e. The van der Waals surface area contributed by atoms with Gasteiger partial charge in [0.1, 0.15) is 11.5 Å². The second-order valence-electron chi connectivity index (χ2n) is 4.75.